The van der Waals surface area contributed by atoms with Gasteiger partial charge in [0.1, 0.15) is 18.5 Å². The van der Waals surface area contributed by atoms with Crippen molar-refractivity contribution in [3.05, 3.63) is 35.2 Å². The van der Waals surface area contributed by atoms with Crippen molar-refractivity contribution in [2.45, 2.75) is 38.3 Å². The highest BCUT2D eigenvalue weighted by molar-refractivity contribution is 5.94. The fraction of sp³-hybridized carbons (Fsp3) is 0.476. The van der Waals surface area contributed by atoms with Crippen LogP contribution in [0.4, 0.5) is 14.9 Å². The van der Waals surface area contributed by atoms with Crippen molar-refractivity contribution in [3.8, 4) is 0 Å². The second-order valence-corrected chi connectivity index (χ2v) is 7.66. The molecule has 4 rings (SSSR count). The molecule has 3 aliphatic rings. The predicted molar refractivity (Wildman–Crippen MR) is 106 cm³/mol. The Morgan fingerprint density at radius 1 is 1.37 bits per heavy atom. The molecule has 1 aromatic carbocycles. The zero-order valence-electron chi connectivity index (χ0n) is 16.7. The highest BCUT2D eigenvalue weighted by Crippen LogP contribution is 2.41. The lowest BCUT2D eigenvalue weighted by molar-refractivity contribution is -0.133. The van der Waals surface area contributed by atoms with Crippen molar-refractivity contribution < 1.29 is 28.6 Å². The van der Waals surface area contributed by atoms with E-state index in [1.807, 2.05) is 0 Å². The first-order valence-electron chi connectivity index (χ1n) is 10.1. The van der Waals surface area contributed by atoms with E-state index in [4.69, 9.17) is 9.84 Å². The number of hydrogen-bond acceptors (Lipinski definition) is 5. The van der Waals surface area contributed by atoms with Gasteiger partial charge in [-0.25, -0.2) is 9.18 Å². The van der Waals surface area contributed by atoms with Crippen molar-refractivity contribution in [1.29, 1.82) is 0 Å². The Kier molecular flexibility index (Phi) is 5.46. The van der Waals surface area contributed by atoms with Crippen LogP contribution in [0.3, 0.4) is 0 Å². The Bertz CT molecular complexity index is 931. The molecular weight excluding hydrogens is 393 g/mol. The SMILES string of the molecule is CCC(=O)NC[C@@H]1OC(=O)N2c3cc(F)c(C4=CCN(C(=O)CO)CC4)cc3CC12. The van der Waals surface area contributed by atoms with E-state index in [1.54, 1.807) is 19.1 Å². The summed E-state index contributed by atoms with van der Waals surface area (Å²) >= 11 is 0. The molecule has 0 radical (unpaired) electrons. The Balaban J connectivity index is 1.54. The second kappa shape index (κ2) is 8.06. The van der Waals surface area contributed by atoms with Crippen LogP contribution in [0.1, 0.15) is 30.9 Å². The molecule has 0 spiro atoms. The van der Waals surface area contributed by atoms with Gasteiger partial charge in [-0.3, -0.25) is 14.5 Å². The number of halogens is 1. The summed E-state index contributed by atoms with van der Waals surface area (Å²) in [6.45, 7) is 2.18. The number of benzene rings is 1. The number of fused-ring (bicyclic) bond motifs is 3. The molecule has 3 aliphatic heterocycles. The number of nitrogens with zero attached hydrogens (tertiary/aromatic N) is 2. The van der Waals surface area contributed by atoms with Gasteiger partial charge in [0.05, 0.1) is 18.3 Å². The molecule has 0 aliphatic carbocycles. The van der Waals surface area contributed by atoms with Gasteiger partial charge in [0, 0.05) is 25.1 Å². The average Bonchev–Trinajstić information content (AvgIpc) is 3.27. The van der Waals surface area contributed by atoms with Crippen molar-refractivity contribution in [2.24, 2.45) is 0 Å². The largest absolute Gasteiger partial charge is 0.442 e. The van der Waals surface area contributed by atoms with Gasteiger partial charge in [-0.15, -0.1) is 0 Å². The fourth-order valence-corrected chi connectivity index (χ4v) is 4.29. The molecule has 2 atom stereocenters. The average molecular weight is 417 g/mol. The molecule has 1 saturated heterocycles. The number of ether oxygens (including phenoxy) is 1. The molecule has 0 aromatic heterocycles. The second-order valence-electron chi connectivity index (χ2n) is 7.66. The number of carbonyl (C=O) groups excluding carboxylic acids is 3. The third-order valence-corrected chi connectivity index (χ3v) is 5.93. The Hall–Kier alpha value is -2.94. The first-order valence-corrected chi connectivity index (χ1v) is 10.1. The van der Waals surface area contributed by atoms with E-state index in [-0.39, 0.29) is 24.4 Å². The summed E-state index contributed by atoms with van der Waals surface area (Å²) in [6, 6.07) is 2.86. The van der Waals surface area contributed by atoms with Gasteiger partial charge in [-0.05, 0) is 36.1 Å². The van der Waals surface area contributed by atoms with Gasteiger partial charge < -0.3 is 20.1 Å². The van der Waals surface area contributed by atoms with Crippen LogP contribution in [0, 0.1) is 5.82 Å². The first kappa shape index (κ1) is 20.3. The van der Waals surface area contributed by atoms with E-state index in [0.717, 1.165) is 11.1 Å². The van der Waals surface area contributed by atoms with Gasteiger partial charge in [0.25, 0.3) is 0 Å². The minimum Gasteiger partial charge on any atom is -0.442 e. The molecule has 8 nitrogen and oxygen atoms in total. The Labute approximate surface area is 173 Å². The molecular formula is C21H24FN3O5. The minimum atomic E-state index is -0.538. The predicted octanol–water partition coefficient (Wildman–Crippen LogP) is 1.21. The summed E-state index contributed by atoms with van der Waals surface area (Å²) < 4.78 is 20.3. The standard InChI is InChI=1S/C21H24FN3O5/c1-2-19(27)23-10-18-17-8-13-7-14(12-3-5-24(6-4-12)20(28)11-26)15(22)9-16(13)25(17)21(29)30-18/h3,7,9,17-18,26H,2,4-6,8,10-11H2,1H3,(H,23,27)/t17?,18-/m0/s1. The van der Waals surface area contributed by atoms with Gasteiger partial charge in [-0.2, -0.15) is 0 Å². The van der Waals surface area contributed by atoms with Crippen LogP contribution in [0.15, 0.2) is 18.2 Å². The van der Waals surface area contributed by atoms with Gasteiger partial charge in [0.2, 0.25) is 11.8 Å². The molecule has 9 heteroatoms. The molecule has 0 saturated carbocycles. The zero-order valence-corrected chi connectivity index (χ0v) is 16.7. The summed E-state index contributed by atoms with van der Waals surface area (Å²) in [5.74, 6) is -0.899. The Morgan fingerprint density at radius 2 is 2.17 bits per heavy atom. The number of hydrogen-bond donors (Lipinski definition) is 2. The van der Waals surface area contributed by atoms with E-state index in [1.165, 1.54) is 15.9 Å². The summed E-state index contributed by atoms with van der Waals surface area (Å²) in [4.78, 5) is 38.5. The fourth-order valence-electron chi connectivity index (χ4n) is 4.29. The third kappa shape index (κ3) is 3.54. The van der Waals surface area contributed by atoms with Crippen LogP contribution in [-0.2, 0) is 20.7 Å². The quantitative estimate of drug-likeness (QED) is 0.750. The maximum Gasteiger partial charge on any atom is 0.415 e. The van der Waals surface area contributed by atoms with E-state index < -0.39 is 24.6 Å². The minimum absolute atomic E-state index is 0.119. The van der Waals surface area contributed by atoms with Crippen LogP contribution >= 0.6 is 0 Å². The summed E-state index contributed by atoms with van der Waals surface area (Å²) in [5.41, 5.74) is 2.63. The Morgan fingerprint density at radius 3 is 2.83 bits per heavy atom. The third-order valence-electron chi connectivity index (χ3n) is 5.93. The lowest BCUT2D eigenvalue weighted by atomic mass is 9.95. The normalized spacial score (nSPS) is 22.4. The lowest BCUT2D eigenvalue weighted by Crippen LogP contribution is -2.40. The maximum absolute atomic E-state index is 14.9. The van der Waals surface area contributed by atoms with Crippen molar-refractivity contribution >= 4 is 29.2 Å². The molecule has 160 valence electrons. The number of rotatable bonds is 5. The van der Waals surface area contributed by atoms with Crippen LogP contribution in [0.25, 0.3) is 5.57 Å². The molecule has 1 unspecified atom stereocenters. The van der Waals surface area contributed by atoms with Crippen LogP contribution in [-0.4, -0.2) is 66.3 Å². The zero-order chi connectivity index (χ0) is 21.4. The topological polar surface area (TPSA) is 99.2 Å². The number of amides is 3. The number of carbonyl (C=O) groups is 3. The van der Waals surface area contributed by atoms with Gasteiger partial charge in [-0.1, -0.05) is 13.0 Å². The molecule has 2 N–H and O–H groups in total. The first-order chi connectivity index (χ1) is 14.4. The van der Waals surface area contributed by atoms with E-state index in [9.17, 15) is 18.8 Å². The van der Waals surface area contributed by atoms with Crippen molar-refractivity contribution in [2.75, 3.05) is 31.1 Å². The molecule has 1 aromatic rings. The van der Waals surface area contributed by atoms with E-state index in [2.05, 4.69) is 5.32 Å². The van der Waals surface area contributed by atoms with Crippen LogP contribution in [0.5, 0.6) is 0 Å². The lowest BCUT2D eigenvalue weighted by Gasteiger charge is -2.26. The number of anilines is 1. The maximum atomic E-state index is 14.9. The molecule has 30 heavy (non-hydrogen) atoms. The monoisotopic (exact) mass is 417 g/mol. The van der Waals surface area contributed by atoms with Crippen molar-refractivity contribution in [1.82, 2.24) is 10.2 Å². The van der Waals surface area contributed by atoms with E-state index >= 15 is 0 Å². The van der Waals surface area contributed by atoms with Gasteiger partial charge >= 0.3 is 6.09 Å². The highest BCUT2D eigenvalue weighted by atomic mass is 19.1. The molecule has 0 bridgehead atoms. The summed E-state index contributed by atoms with van der Waals surface area (Å²) in [7, 11) is 0. The summed E-state index contributed by atoms with van der Waals surface area (Å²) in [5, 5.41) is 11.7. The van der Waals surface area contributed by atoms with Crippen molar-refractivity contribution in [3.63, 3.8) is 0 Å². The number of nitrogens with one attached hydrogen (secondary N) is 1. The highest BCUT2D eigenvalue weighted by Gasteiger charge is 2.47. The number of aliphatic hydroxyl groups excluding tert-OH is 1. The summed E-state index contributed by atoms with van der Waals surface area (Å²) in [6.07, 6.45) is 2.14. The molecule has 1 fully saturated rings. The van der Waals surface area contributed by atoms with Gasteiger partial charge in [0.15, 0.2) is 0 Å². The smallest absolute Gasteiger partial charge is 0.415 e. The molecule has 3 heterocycles. The number of aliphatic hydroxyl groups is 1. The van der Waals surface area contributed by atoms with Crippen LogP contribution < -0.4 is 10.2 Å². The molecule has 3 amide bonds. The van der Waals surface area contributed by atoms with E-state index in [0.29, 0.717) is 43.6 Å². The number of cyclic esters (lactones) is 1. The van der Waals surface area contributed by atoms with Crippen LogP contribution in [0.2, 0.25) is 0 Å².